The van der Waals surface area contributed by atoms with E-state index in [1.54, 1.807) is 6.92 Å². The SMILES string of the molecule is CCC(C)NP(=S)(CC)OC(F)(F)CCl. The molecule has 0 aliphatic carbocycles. The molecule has 2 atom stereocenters. The predicted molar refractivity (Wildman–Crippen MR) is 64.5 cm³/mol. The largest absolute Gasteiger partial charge is 0.373 e. The Kier molecular flexibility index (Phi) is 6.76. The van der Waals surface area contributed by atoms with Gasteiger partial charge in [-0.2, -0.15) is 8.78 Å². The first-order valence-electron chi connectivity index (χ1n) is 4.80. The van der Waals surface area contributed by atoms with Crippen molar-refractivity contribution >= 4 is 29.8 Å². The van der Waals surface area contributed by atoms with Crippen LogP contribution in [-0.2, 0) is 16.3 Å². The fraction of sp³-hybridized carbons (Fsp3) is 1.00. The Bertz CT molecular complexity index is 243. The minimum atomic E-state index is -3.34. The zero-order chi connectivity index (χ0) is 12.1. The van der Waals surface area contributed by atoms with Crippen LogP contribution in [-0.4, -0.2) is 24.2 Å². The van der Waals surface area contributed by atoms with Crippen LogP contribution in [0, 0.1) is 0 Å². The van der Waals surface area contributed by atoms with Gasteiger partial charge in [-0.25, -0.2) is 0 Å². The molecule has 92 valence electrons. The molecule has 0 aliphatic heterocycles. The second kappa shape index (κ2) is 6.45. The highest BCUT2D eigenvalue weighted by atomic mass is 35.5. The molecule has 1 N–H and O–H groups in total. The average molecular weight is 280 g/mol. The fourth-order valence-corrected chi connectivity index (χ4v) is 3.56. The highest BCUT2D eigenvalue weighted by Crippen LogP contribution is 2.48. The first-order chi connectivity index (χ1) is 6.78. The van der Waals surface area contributed by atoms with Gasteiger partial charge in [0.05, 0.1) is 0 Å². The first-order valence-corrected chi connectivity index (χ1v) is 8.24. The molecule has 0 aromatic carbocycles. The molecule has 0 aromatic heterocycles. The highest BCUT2D eigenvalue weighted by molar-refractivity contribution is 8.11. The summed E-state index contributed by atoms with van der Waals surface area (Å²) in [5.41, 5.74) is 0. The first kappa shape index (κ1) is 15.7. The number of alkyl halides is 3. The Morgan fingerprint density at radius 2 is 2.07 bits per heavy atom. The second-order valence-electron chi connectivity index (χ2n) is 3.29. The van der Waals surface area contributed by atoms with Crippen LogP contribution in [0.3, 0.4) is 0 Å². The van der Waals surface area contributed by atoms with Gasteiger partial charge in [0.2, 0.25) is 0 Å². The van der Waals surface area contributed by atoms with Crippen molar-refractivity contribution in [2.24, 2.45) is 0 Å². The van der Waals surface area contributed by atoms with Gasteiger partial charge in [0.15, 0.2) is 0 Å². The summed E-state index contributed by atoms with van der Waals surface area (Å²) in [7, 11) is 0. The van der Waals surface area contributed by atoms with Gasteiger partial charge in [-0.15, -0.1) is 11.6 Å². The van der Waals surface area contributed by atoms with E-state index in [2.05, 4.69) is 9.61 Å². The summed E-state index contributed by atoms with van der Waals surface area (Å²) >= 11 is 10.2. The van der Waals surface area contributed by atoms with E-state index in [-0.39, 0.29) is 6.04 Å². The maximum atomic E-state index is 13.0. The molecule has 0 aliphatic rings. The molecule has 0 fully saturated rings. The van der Waals surface area contributed by atoms with Gasteiger partial charge in [0, 0.05) is 12.2 Å². The minimum Gasteiger partial charge on any atom is -0.274 e. The van der Waals surface area contributed by atoms with E-state index in [0.717, 1.165) is 6.42 Å². The summed E-state index contributed by atoms with van der Waals surface area (Å²) in [5.74, 6) is -0.867. The molecule has 7 heteroatoms. The van der Waals surface area contributed by atoms with E-state index in [1.165, 1.54) is 0 Å². The zero-order valence-corrected chi connectivity index (χ0v) is 11.6. The lowest BCUT2D eigenvalue weighted by atomic mass is 10.3. The molecule has 0 saturated carbocycles. The van der Waals surface area contributed by atoms with Crippen molar-refractivity contribution in [2.45, 2.75) is 39.3 Å². The molecular weight excluding hydrogens is 263 g/mol. The number of nitrogens with one attached hydrogen (secondary N) is 1. The maximum absolute atomic E-state index is 13.0. The van der Waals surface area contributed by atoms with Crippen LogP contribution in [0.5, 0.6) is 0 Å². The summed E-state index contributed by atoms with van der Waals surface area (Å²) in [5, 5.41) is 2.95. The number of rotatable bonds is 7. The Labute approximate surface area is 99.9 Å². The Balaban J connectivity index is 4.51. The molecule has 2 unspecified atom stereocenters. The van der Waals surface area contributed by atoms with Crippen LogP contribution < -0.4 is 5.09 Å². The van der Waals surface area contributed by atoms with E-state index in [1.807, 2.05) is 13.8 Å². The Morgan fingerprint density at radius 1 is 1.53 bits per heavy atom. The van der Waals surface area contributed by atoms with Crippen molar-refractivity contribution in [3.05, 3.63) is 0 Å². The van der Waals surface area contributed by atoms with Crippen molar-refractivity contribution in [3.8, 4) is 0 Å². The number of hydrogen-bond donors (Lipinski definition) is 1. The standard InChI is InChI=1S/C8H17ClF2NOPS/c1-4-7(3)12-14(15,5-2)13-8(10,11)6-9/h7H,4-6H2,1-3H3,(H,12,15). The van der Waals surface area contributed by atoms with Gasteiger partial charge in [0.25, 0.3) is 0 Å². The summed E-state index contributed by atoms with van der Waals surface area (Å²) in [6.45, 7) is 5.58. The van der Waals surface area contributed by atoms with Crippen LogP contribution in [0.15, 0.2) is 0 Å². The van der Waals surface area contributed by atoms with Crippen molar-refractivity contribution in [2.75, 3.05) is 12.0 Å². The van der Waals surface area contributed by atoms with Gasteiger partial charge in [-0.1, -0.05) is 25.7 Å². The molecule has 15 heavy (non-hydrogen) atoms. The maximum Gasteiger partial charge on any atom is 0.373 e. The third kappa shape index (κ3) is 6.12. The van der Waals surface area contributed by atoms with Crippen molar-refractivity contribution < 1.29 is 13.3 Å². The molecule has 0 heterocycles. The molecule has 2 nitrogen and oxygen atoms in total. The monoisotopic (exact) mass is 279 g/mol. The molecule has 0 bridgehead atoms. The van der Waals surface area contributed by atoms with Crippen molar-refractivity contribution in [1.29, 1.82) is 0 Å². The molecule has 0 rings (SSSR count). The molecule has 0 aromatic rings. The lowest BCUT2D eigenvalue weighted by Gasteiger charge is -2.28. The Morgan fingerprint density at radius 3 is 2.40 bits per heavy atom. The summed E-state index contributed by atoms with van der Waals surface area (Å²) in [6.07, 6.45) is -4.81. The number of halogens is 3. The number of hydrogen-bond acceptors (Lipinski definition) is 2. The van der Waals surface area contributed by atoms with Gasteiger partial charge in [-0.05, 0) is 13.3 Å². The minimum absolute atomic E-state index is 0.0712. The van der Waals surface area contributed by atoms with Crippen LogP contribution in [0.1, 0.15) is 27.2 Å². The van der Waals surface area contributed by atoms with Gasteiger partial charge >= 0.3 is 6.11 Å². The van der Waals surface area contributed by atoms with Crippen LogP contribution in [0.4, 0.5) is 8.78 Å². The third-order valence-electron chi connectivity index (χ3n) is 1.88. The van der Waals surface area contributed by atoms with Gasteiger partial charge in [0.1, 0.15) is 12.3 Å². The molecule has 0 spiro atoms. The fourth-order valence-electron chi connectivity index (χ4n) is 0.849. The van der Waals surface area contributed by atoms with E-state index in [9.17, 15) is 8.78 Å². The topological polar surface area (TPSA) is 21.3 Å². The molecule has 0 amide bonds. The second-order valence-corrected chi connectivity index (χ2v) is 7.75. The average Bonchev–Trinajstić information content (AvgIpc) is 2.17. The molecular formula is C8H17ClF2NOPS. The molecule has 0 radical (unpaired) electrons. The lowest BCUT2D eigenvalue weighted by molar-refractivity contribution is -0.151. The van der Waals surface area contributed by atoms with E-state index in [0.29, 0.717) is 6.16 Å². The molecule has 0 saturated heterocycles. The summed E-state index contributed by atoms with van der Waals surface area (Å²) in [6, 6.07) is 0.0712. The van der Waals surface area contributed by atoms with Crippen molar-refractivity contribution in [1.82, 2.24) is 5.09 Å². The zero-order valence-electron chi connectivity index (χ0n) is 9.10. The van der Waals surface area contributed by atoms with E-state index < -0.39 is 18.4 Å². The Hall–Kier alpha value is 0.720. The lowest BCUT2D eigenvalue weighted by Crippen LogP contribution is -2.30. The van der Waals surface area contributed by atoms with Crippen LogP contribution >= 0.6 is 18.0 Å². The highest BCUT2D eigenvalue weighted by Gasteiger charge is 2.35. The smallest absolute Gasteiger partial charge is 0.274 e. The predicted octanol–water partition coefficient (Wildman–Crippen LogP) is 3.55. The van der Waals surface area contributed by atoms with Crippen LogP contribution in [0.2, 0.25) is 0 Å². The third-order valence-corrected chi connectivity index (χ3v) is 5.74. The van der Waals surface area contributed by atoms with Gasteiger partial charge in [-0.3, -0.25) is 9.61 Å². The quantitative estimate of drug-likeness (QED) is 0.569. The summed E-state index contributed by atoms with van der Waals surface area (Å²) in [4.78, 5) is 0. The van der Waals surface area contributed by atoms with Crippen LogP contribution in [0.25, 0.3) is 0 Å². The van der Waals surface area contributed by atoms with E-state index in [4.69, 9.17) is 23.4 Å². The van der Waals surface area contributed by atoms with E-state index >= 15 is 0 Å². The van der Waals surface area contributed by atoms with Gasteiger partial charge < -0.3 is 0 Å². The normalized spacial score (nSPS) is 18.5. The summed E-state index contributed by atoms with van der Waals surface area (Å²) < 4.78 is 30.6. The van der Waals surface area contributed by atoms with Crippen molar-refractivity contribution in [3.63, 3.8) is 0 Å².